The van der Waals surface area contributed by atoms with E-state index in [1.807, 2.05) is 19.1 Å². The lowest BCUT2D eigenvalue weighted by atomic mass is 9.58. The van der Waals surface area contributed by atoms with Gasteiger partial charge in [-0.25, -0.2) is 0 Å². The average molecular weight is 361 g/mol. The van der Waals surface area contributed by atoms with E-state index in [1.54, 1.807) is 0 Å². The number of carbonyl (C=O) groups is 1. The Hall–Kier alpha value is -1.34. The van der Waals surface area contributed by atoms with Crippen LogP contribution in [0.15, 0.2) is 34.4 Å². The van der Waals surface area contributed by atoms with Gasteiger partial charge >= 0.3 is 0 Å². The molecule has 4 aliphatic carbocycles. The zero-order chi connectivity index (χ0) is 16.0. The van der Waals surface area contributed by atoms with E-state index < -0.39 is 0 Å². The van der Waals surface area contributed by atoms with Gasteiger partial charge in [0.15, 0.2) is 0 Å². The van der Waals surface area contributed by atoms with Gasteiger partial charge in [0.2, 0.25) is 5.91 Å². The first kappa shape index (κ1) is 15.6. The molecule has 4 heteroatoms. The van der Waals surface area contributed by atoms with Crippen LogP contribution >= 0.6 is 15.9 Å². The zero-order valence-electron chi connectivity index (χ0n) is 12.9. The number of amides is 1. The number of hydrogen-bond donors (Lipinski definition) is 1. The van der Waals surface area contributed by atoms with Crippen molar-refractivity contribution in [3.8, 4) is 6.07 Å². The van der Waals surface area contributed by atoms with Crippen molar-refractivity contribution in [2.24, 2.45) is 11.3 Å². The van der Waals surface area contributed by atoms with Gasteiger partial charge < -0.3 is 5.32 Å². The van der Waals surface area contributed by atoms with Gasteiger partial charge in [-0.2, -0.15) is 5.26 Å². The maximum Gasteiger partial charge on any atom is 0.249 e. The third-order valence-corrected chi connectivity index (χ3v) is 6.49. The van der Waals surface area contributed by atoms with Gasteiger partial charge in [-0.3, -0.25) is 4.79 Å². The summed E-state index contributed by atoms with van der Waals surface area (Å²) in [5, 5.41) is 12.7. The highest BCUT2D eigenvalue weighted by atomic mass is 79.9. The van der Waals surface area contributed by atoms with Crippen molar-refractivity contribution in [3.63, 3.8) is 0 Å². The molecule has 0 aromatic heterocycles. The molecule has 0 heterocycles. The van der Waals surface area contributed by atoms with E-state index in [2.05, 4.69) is 33.9 Å². The second kappa shape index (κ2) is 5.38. The van der Waals surface area contributed by atoms with Gasteiger partial charge in [0.25, 0.3) is 0 Å². The quantitative estimate of drug-likeness (QED) is 0.804. The second-order valence-corrected chi connectivity index (χ2v) is 7.87. The summed E-state index contributed by atoms with van der Waals surface area (Å²) in [6, 6.07) is 2.51. The highest BCUT2D eigenvalue weighted by Gasteiger charge is 2.49. The van der Waals surface area contributed by atoms with E-state index in [9.17, 15) is 10.1 Å². The van der Waals surface area contributed by atoms with Crippen molar-refractivity contribution in [3.05, 3.63) is 34.4 Å². The van der Waals surface area contributed by atoms with Crippen LogP contribution in [0.5, 0.6) is 0 Å². The molecule has 1 N–H and O–H groups in total. The van der Waals surface area contributed by atoms with Gasteiger partial charge in [-0.1, -0.05) is 35.5 Å². The van der Waals surface area contributed by atoms with Crippen LogP contribution in [0.3, 0.4) is 0 Å². The van der Waals surface area contributed by atoms with Gasteiger partial charge in [0, 0.05) is 21.5 Å². The first-order valence-corrected chi connectivity index (χ1v) is 8.70. The Labute approximate surface area is 140 Å². The van der Waals surface area contributed by atoms with Gasteiger partial charge in [-0.15, -0.1) is 0 Å². The molecule has 0 saturated heterocycles. The minimum atomic E-state index is -0.124. The smallest absolute Gasteiger partial charge is 0.249 e. The molecule has 0 aromatic rings. The molecule has 3 fully saturated rings. The third kappa shape index (κ3) is 2.46. The molecular formula is C18H21BrN2O. The Kier molecular flexibility index (Phi) is 3.81. The lowest BCUT2D eigenvalue weighted by Crippen LogP contribution is -2.57. The van der Waals surface area contributed by atoms with Crippen LogP contribution in [0.1, 0.15) is 45.4 Å². The molecule has 0 radical (unpaired) electrons. The maximum atomic E-state index is 12.8. The zero-order valence-corrected chi connectivity index (χ0v) is 14.5. The van der Waals surface area contributed by atoms with Gasteiger partial charge in [0.05, 0.1) is 11.5 Å². The average Bonchev–Trinajstić information content (AvgIpc) is 2.53. The summed E-state index contributed by atoms with van der Waals surface area (Å²) in [7, 11) is 0. The number of carbonyl (C=O) groups excluding carboxylic acids is 1. The van der Waals surface area contributed by atoms with E-state index in [1.165, 1.54) is 0 Å². The Morgan fingerprint density at radius 2 is 1.91 bits per heavy atom. The molecule has 0 spiro atoms. The van der Waals surface area contributed by atoms with E-state index in [0.717, 1.165) is 54.2 Å². The number of halogens is 1. The predicted molar refractivity (Wildman–Crippen MR) is 90.0 cm³/mol. The first-order valence-electron chi connectivity index (χ1n) is 7.91. The number of nitrogens with one attached hydrogen (secondary N) is 1. The fraction of sp³-hybridized carbons (Fsp3) is 0.556. The fourth-order valence-corrected chi connectivity index (χ4v) is 4.62. The van der Waals surface area contributed by atoms with Gasteiger partial charge in [0.1, 0.15) is 0 Å². The lowest BCUT2D eigenvalue weighted by molar-refractivity contribution is -0.121. The van der Waals surface area contributed by atoms with Gasteiger partial charge in [-0.05, 0) is 50.2 Å². The summed E-state index contributed by atoms with van der Waals surface area (Å²) in [4.78, 5) is 12.8. The Morgan fingerprint density at radius 3 is 2.45 bits per heavy atom. The summed E-state index contributed by atoms with van der Waals surface area (Å²) in [5.41, 5.74) is 1.49. The number of hydrogen-bond acceptors (Lipinski definition) is 2. The second-order valence-electron chi connectivity index (χ2n) is 7.02. The molecule has 3 nitrogen and oxygen atoms in total. The Balaban J connectivity index is 1.77. The summed E-state index contributed by atoms with van der Waals surface area (Å²) in [5.74, 6) is 0.0392. The highest BCUT2D eigenvalue weighted by Crippen LogP contribution is 2.52. The molecule has 3 saturated carbocycles. The van der Waals surface area contributed by atoms with Crippen LogP contribution in [0.2, 0.25) is 0 Å². The summed E-state index contributed by atoms with van der Waals surface area (Å²) >= 11 is 3.51. The van der Waals surface area contributed by atoms with Crippen LogP contribution in [0.4, 0.5) is 0 Å². The monoisotopic (exact) mass is 360 g/mol. The molecule has 1 amide bonds. The SMILES string of the molecule is C=C1C=CC(Br)=C(C(=O)NC23CCC(C#N)(CC2)CC3)C1C. The van der Waals surface area contributed by atoms with Crippen molar-refractivity contribution in [1.29, 1.82) is 5.26 Å². The van der Waals surface area contributed by atoms with Crippen LogP contribution in [0, 0.1) is 22.7 Å². The van der Waals surface area contributed by atoms with Crippen LogP contribution < -0.4 is 5.32 Å². The third-order valence-electron chi connectivity index (χ3n) is 5.80. The normalized spacial score (nSPS) is 37.1. The predicted octanol–water partition coefficient (Wildman–Crippen LogP) is 4.13. The van der Waals surface area contributed by atoms with Crippen molar-refractivity contribution < 1.29 is 4.79 Å². The molecule has 1 unspecified atom stereocenters. The molecule has 0 aliphatic heterocycles. The number of rotatable bonds is 2. The minimum Gasteiger partial charge on any atom is -0.347 e. The van der Waals surface area contributed by atoms with Crippen molar-refractivity contribution in [2.45, 2.75) is 51.0 Å². The van der Waals surface area contributed by atoms with Crippen molar-refractivity contribution >= 4 is 21.8 Å². The number of fused-ring (bicyclic) bond motifs is 3. The molecule has 4 rings (SSSR count). The largest absolute Gasteiger partial charge is 0.347 e. The number of nitrogens with zero attached hydrogens (tertiary/aromatic N) is 1. The first-order chi connectivity index (χ1) is 10.4. The topological polar surface area (TPSA) is 52.9 Å². The summed E-state index contributed by atoms with van der Waals surface area (Å²) in [6.07, 6.45) is 9.33. The van der Waals surface area contributed by atoms with Crippen LogP contribution in [0.25, 0.3) is 0 Å². The summed E-state index contributed by atoms with van der Waals surface area (Å²) in [6.45, 7) is 6.03. The molecule has 22 heavy (non-hydrogen) atoms. The summed E-state index contributed by atoms with van der Waals surface area (Å²) < 4.78 is 0.847. The lowest BCUT2D eigenvalue weighted by Gasteiger charge is -2.50. The molecule has 4 aliphatic rings. The number of nitriles is 1. The Morgan fingerprint density at radius 1 is 1.32 bits per heavy atom. The molecule has 0 aromatic carbocycles. The van der Waals surface area contributed by atoms with E-state index >= 15 is 0 Å². The van der Waals surface area contributed by atoms with Crippen molar-refractivity contribution in [2.75, 3.05) is 0 Å². The maximum absolute atomic E-state index is 12.8. The fourth-order valence-electron chi connectivity index (χ4n) is 3.96. The van der Waals surface area contributed by atoms with Crippen LogP contribution in [-0.2, 0) is 4.79 Å². The van der Waals surface area contributed by atoms with E-state index in [4.69, 9.17) is 0 Å². The van der Waals surface area contributed by atoms with Crippen LogP contribution in [-0.4, -0.2) is 11.4 Å². The molecule has 2 bridgehead atoms. The van der Waals surface area contributed by atoms with E-state index in [0.29, 0.717) is 0 Å². The highest BCUT2D eigenvalue weighted by molar-refractivity contribution is 9.12. The molecule has 116 valence electrons. The molecular weight excluding hydrogens is 340 g/mol. The molecule has 1 atom stereocenters. The number of allylic oxidation sites excluding steroid dienone is 4. The Bertz CT molecular complexity index is 613. The van der Waals surface area contributed by atoms with E-state index in [-0.39, 0.29) is 22.8 Å². The minimum absolute atomic E-state index is 0.0104. The van der Waals surface area contributed by atoms with Crippen molar-refractivity contribution in [1.82, 2.24) is 5.32 Å². The standard InChI is InChI=1S/C18H21BrN2O/c1-12-3-4-14(19)15(13(12)2)16(22)21-18-8-5-17(11-20,6-9-18)7-10-18/h3-4,13H,1,5-10H2,2H3,(H,21,22).